The third-order valence-electron chi connectivity index (χ3n) is 6.10. The third-order valence-corrected chi connectivity index (χ3v) is 6.10. The molecule has 0 bridgehead atoms. The van der Waals surface area contributed by atoms with Gasteiger partial charge in [0, 0.05) is 19.3 Å². The number of aryl methyl sites for hydroxylation is 2. The molecule has 0 spiro atoms. The zero-order valence-electron chi connectivity index (χ0n) is 20.7. The lowest BCUT2D eigenvalue weighted by molar-refractivity contribution is 0.102. The van der Waals surface area contributed by atoms with Gasteiger partial charge in [-0.15, -0.1) is 5.10 Å². The molecule has 0 aliphatic carbocycles. The molecule has 5 rings (SSSR count). The van der Waals surface area contributed by atoms with Crippen LogP contribution < -0.4 is 10.1 Å². The quantitative estimate of drug-likeness (QED) is 0.334. The van der Waals surface area contributed by atoms with E-state index in [1.54, 1.807) is 29.1 Å². The van der Waals surface area contributed by atoms with Crippen LogP contribution in [0.1, 0.15) is 41.3 Å². The minimum atomic E-state index is -1.67. The zero-order chi connectivity index (χ0) is 26.0. The number of ether oxygens (including phenoxy) is 1. The van der Waals surface area contributed by atoms with Gasteiger partial charge in [-0.2, -0.15) is 4.98 Å². The van der Waals surface area contributed by atoms with Crippen molar-refractivity contribution in [3.8, 4) is 5.88 Å². The minimum Gasteiger partial charge on any atom is -0.480 e. The van der Waals surface area contributed by atoms with Gasteiger partial charge in [0.25, 0.3) is 5.91 Å². The second-order valence-electron chi connectivity index (χ2n) is 8.24. The first-order chi connectivity index (χ1) is 18.0. The fourth-order valence-corrected chi connectivity index (χ4v) is 4.27. The maximum absolute atomic E-state index is 13.2. The van der Waals surface area contributed by atoms with Crippen LogP contribution in [0.15, 0.2) is 67.1 Å². The summed E-state index contributed by atoms with van der Waals surface area (Å²) in [5.74, 6) is 0.111. The Morgan fingerprint density at radius 1 is 1.05 bits per heavy atom. The Kier molecular flexibility index (Phi) is 6.36. The van der Waals surface area contributed by atoms with E-state index < -0.39 is 11.5 Å². The number of aromatic nitrogens is 7. The number of methoxy groups -OCH3 is 1. The van der Waals surface area contributed by atoms with Gasteiger partial charge >= 0.3 is 0 Å². The second-order valence-corrected chi connectivity index (χ2v) is 8.24. The van der Waals surface area contributed by atoms with Crippen molar-refractivity contribution >= 4 is 23.0 Å². The number of nitrogens with zero attached hydrogens (tertiary/aromatic N) is 7. The predicted octanol–water partition coefficient (Wildman–Crippen LogP) is 3.00. The highest BCUT2D eigenvalue weighted by atomic mass is 16.5. The van der Waals surface area contributed by atoms with E-state index in [2.05, 4.69) is 25.4 Å². The molecule has 5 aromatic rings. The maximum atomic E-state index is 13.2. The van der Waals surface area contributed by atoms with E-state index in [0.29, 0.717) is 41.3 Å². The number of pyridine rings is 2. The topological polar surface area (TPSA) is 133 Å². The lowest BCUT2D eigenvalue weighted by Gasteiger charge is -2.28. The first-order valence-electron chi connectivity index (χ1n) is 11.9. The van der Waals surface area contributed by atoms with Gasteiger partial charge in [0.15, 0.2) is 17.1 Å². The number of fused-ring (bicyclic) bond motifs is 1. The van der Waals surface area contributed by atoms with Gasteiger partial charge in [-0.3, -0.25) is 19.8 Å². The zero-order valence-corrected chi connectivity index (χ0v) is 20.7. The molecule has 4 aromatic heterocycles. The summed E-state index contributed by atoms with van der Waals surface area (Å²) in [6, 6.07) is 16.2. The Balaban J connectivity index is 1.68. The maximum Gasteiger partial charge on any atom is 0.263 e. The lowest BCUT2D eigenvalue weighted by atomic mass is 9.89. The monoisotopic (exact) mass is 498 g/mol. The van der Waals surface area contributed by atoms with Gasteiger partial charge in [-0.1, -0.05) is 36.4 Å². The van der Waals surface area contributed by atoms with Crippen LogP contribution in [0.25, 0.3) is 11.2 Å². The molecule has 1 aromatic carbocycles. The Morgan fingerprint density at radius 3 is 2.49 bits per heavy atom. The molecule has 37 heavy (non-hydrogen) atoms. The van der Waals surface area contributed by atoms with E-state index >= 15 is 0 Å². The Bertz CT molecular complexity index is 1510. The molecule has 0 aliphatic heterocycles. The average Bonchev–Trinajstić information content (AvgIpc) is 3.56. The number of imidazole rings is 1. The van der Waals surface area contributed by atoms with Gasteiger partial charge in [-0.25, -0.2) is 9.97 Å². The van der Waals surface area contributed by atoms with Crippen LogP contribution in [0.2, 0.25) is 0 Å². The molecule has 2 N–H and O–H groups in total. The van der Waals surface area contributed by atoms with Gasteiger partial charge in [0.05, 0.1) is 18.3 Å². The Morgan fingerprint density at radius 2 is 1.84 bits per heavy atom. The first-order valence-corrected chi connectivity index (χ1v) is 11.9. The molecule has 0 fully saturated rings. The van der Waals surface area contributed by atoms with Crippen molar-refractivity contribution in [2.24, 2.45) is 0 Å². The molecule has 1 atom stereocenters. The first kappa shape index (κ1) is 24.1. The molecular weight excluding hydrogens is 472 g/mol. The number of rotatable bonds is 8. The van der Waals surface area contributed by atoms with Crippen LogP contribution in [-0.2, 0) is 18.7 Å². The van der Waals surface area contributed by atoms with E-state index in [1.807, 2.05) is 54.8 Å². The SMILES string of the molecule is CCn1cnc(NC(=O)c2cc3c(nc2OC)nc(C(O)(c2ccccc2)c2ccccn2)n3CC)n1. The predicted molar refractivity (Wildman–Crippen MR) is 136 cm³/mol. The fourth-order valence-electron chi connectivity index (χ4n) is 4.27. The molecule has 4 heterocycles. The van der Waals surface area contributed by atoms with Crippen LogP contribution in [0.5, 0.6) is 5.88 Å². The molecule has 11 heteroatoms. The highest BCUT2D eigenvalue weighted by Gasteiger charge is 2.40. The van der Waals surface area contributed by atoms with E-state index in [9.17, 15) is 9.90 Å². The number of hydrogen-bond acceptors (Lipinski definition) is 8. The normalized spacial score (nSPS) is 12.9. The summed E-state index contributed by atoms with van der Waals surface area (Å²) in [4.78, 5) is 31.0. The second kappa shape index (κ2) is 9.78. The largest absolute Gasteiger partial charge is 0.480 e. The number of amides is 1. The van der Waals surface area contributed by atoms with E-state index in [4.69, 9.17) is 9.72 Å². The smallest absolute Gasteiger partial charge is 0.263 e. The van der Waals surface area contributed by atoms with Crippen LogP contribution in [-0.4, -0.2) is 52.4 Å². The number of hydrogen-bond donors (Lipinski definition) is 2. The van der Waals surface area contributed by atoms with Crippen molar-refractivity contribution in [2.45, 2.75) is 32.5 Å². The van der Waals surface area contributed by atoms with Crippen LogP contribution in [0.3, 0.4) is 0 Å². The number of carbonyl (C=O) groups is 1. The van der Waals surface area contributed by atoms with E-state index in [1.165, 1.54) is 13.4 Å². The number of nitrogens with one attached hydrogen (secondary N) is 1. The van der Waals surface area contributed by atoms with Gasteiger partial charge < -0.3 is 14.4 Å². The van der Waals surface area contributed by atoms with Crippen molar-refractivity contribution in [1.29, 1.82) is 0 Å². The Hall–Kier alpha value is -4.64. The van der Waals surface area contributed by atoms with Crippen molar-refractivity contribution in [2.75, 3.05) is 12.4 Å². The molecule has 0 saturated carbocycles. The summed E-state index contributed by atoms with van der Waals surface area (Å²) in [5.41, 5.74) is 0.399. The molecular formula is C26H26N8O3. The van der Waals surface area contributed by atoms with Crippen molar-refractivity contribution in [3.05, 3.63) is 89.8 Å². The summed E-state index contributed by atoms with van der Waals surface area (Å²) in [6.07, 6.45) is 3.16. The van der Waals surface area contributed by atoms with Gasteiger partial charge in [0.1, 0.15) is 11.9 Å². The summed E-state index contributed by atoms with van der Waals surface area (Å²) in [5, 5.41) is 19.2. The van der Waals surface area contributed by atoms with Crippen LogP contribution in [0, 0.1) is 0 Å². The standard InChI is InChI=1S/C26H26N8O3/c1-4-33-16-28-25(32-33)31-22(35)18-15-19-21(29-23(18)37-3)30-24(34(19)5-2)26(36,17-11-7-6-8-12-17)20-13-9-10-14-27-20/h6-16,36H,4-5H2,1-3H3,(H,31,32,35). The van der Waals surface area contributed by atoms with E-state index in [-0.39, 0.29) is 17.4 Å². The summed E-state index contributed by atoms with van der Waals surface area (Å²) in [6.45, 7) is 4.93. The number of anilines is 1. The lowest BCUT2D eigenvalue weighted by Crippen LogP contribution is -2.33. The number of carbonyl (C=O) groups excluding carboxylic acids is 1. The fraction of sp³-hybridized carbons (Fsp3) is 0.231. The molecule has 188 valence electrons. The third kappa shape index (κ3) is 4.19. The summed E-state index contributed by atoms with van der Waals surface area (Å²) >= 11 is 0. The summed E-state index contributed by atoms with van der Waals surface area (Å²) < 4.78 is 8.86. The van der Waals surface area contributed by atoms with Gasteiger partial charge in [0.2, 0.25) is 11.8 Å². The van der Waals surface area contributed by atoms with Gasteiger partial charge in [-0.05, 0) is 37.6 Å². The minimum absolute atomic E-state index is 0.0910. The van der Waals surface area contributed by atoms with Crippen LogP contribution in [0.4, 0.5) is 5.95 Å². The molecule has 0 radical (unpaired) electrons. The molecule has 0 aliphatic rings. The number of benzene rings is 1. The van der Waals surface area contributed by atoms with Crippen molar-refractivity contribution in [1.82, 2.24) is 34.3 Å². The molecule has 1 unspecified atom stereocenters. The summed E-state index contributed by atoms with van der Waals surface area (Å²) in [7, 11) is 1.43. The highest BCUT2D eigenvalue weighted by molar-refractivity contribution is 6.06. The van der Waals surface area contributed by atoms with E-state index in [0.717, 1.165) is 0 Å². The van der Waals surface area contributed by atoms with Crippen molar-refractivity contribution < 1.29 is 14.6 Å². The van der Waals surface area contributed by atoms with Crippen molar-refractivity contribution in [3.63, 3.8) is 0 Å². The Labute approximate surface area is 212 Å². The highest BCUT2D eigenvalue weighted by Crippen LogP contribution is 2.37. The molecule has 0 saturated heterocycles. The number of aliphatic hydroxyl groups is 1. The molecule has 11 nitrogen and oxygen atoms in total. The average molecular weight is 499 g/mol. The van der Waals surface area contributed by atoms with Crippen LogP contribution >= 0.6 is 0 Å². The molecule has 1 amide bonds.